The first-order valence-corrected chi connectivity index (χ1v) is 11.7. The van der Waals surface area contributed by atoms with Crippen LogP contribution in [0, 0.1) is 0 Å². The zero-order valence-electron chi connectivity index (χ0n) is 16.8. The number of halogens is 2. The molecule has 1 aromatic heterocycles. The second kappa shape index (κ2) is 10.3. The molecule has 2 N–H and O–H groups in total. The molecular weight excluding hydrogens is 459 g/mol. The van der Waals surface area contributed by atoms with Gasteiger partial charge in [0.2, 0.25) is 15.9 Å². The van der Waals surface area contributed by atoms with E-state index in [0.29, 0.717) is 29.6 Å². The maximum absolute atomic E-state index is 12.5. The van der Waals surface area contributed by atoms with Crippen LogP contribution in [-0.2, 0) is 14.8 Å². The molecule has 10 heteroatoms. The highest BCUT2D eigenvalue weighted by molar-refractivity contribution is 7.89. The number of sulfonamides is 1. The third kappa shape index (κ3) is 6.07. The molecule has 3 rings (SSSR count). The van der Waals surface area contributed by atoms with Gasteiger partial charge in [0.15, 0.2) is 0 Å². The number of carbonyl (C=O) groups excluding carboxylic acids is 1. The molecule has 0 unspecified atom stereocenters. The summed E-state index contributed by atoms with van der Waals surface area (Å²) in [5, 5.41) is 8.09. The predicted octanol–water partition coefficient (Wildman–Crippen LogP) is 3.78. The van der Waals surface area contributed by atoms with Crippen LogP contribution in [0.25, 0.3) is 10.9 Å². The molecule has 0 saturated carbocycles. The van der Waals surface area contributed by atoms with Gasteiger partial charge in [-0.25, -0.2) is 8.42 Å². The van der Waals surface area contributed by atoms with E-state index in [1.807, 2.05) is 18.2 Å². The van der Waals surface area contributed by atoms with Crippen molar-refractivity contribution in [2.75, 3.05) is 32.0 Å². The zero-order valence-corrected chi connectivity index (χ0v) is 19.1. The molecule has 3 aromatic rings. The Morgan fingerprint density at radius 2 is 1.74 bits per heavy atom. The number of nitrogens with one attached hydrogen (secondary N) is 2. The Morgan fingerprint density at radius 1 is 1.03 bits per heavy atom. The van der Waals surface area contributed by atoms with E-state index in [9.17, 15) is 13.2 Å². The monoisotopic (exact) mass is 480 g/mol. The van der Waals surface area contributed by atoms with E-state index in [0.717, 1.165) is 20.9 Å². The van der Waals surface area contributed by atoms with Crippen molar-refractivity contribution in [1.29, 1.82) is 0 Å². The lowest BCUT2D eigenvalue weighted by Crippen LogP contribution is -2.38. The van der Waals surface area contributed by atoms with E-state index in [-0.39, 0.29) is 17.3 Å². The van der Waals surface area contributed by atoms with E-state index in [2.05, 4.69) is 15.6 Å². The van der Waals surface area contributed by atoms with Gasteiger partial charge in [-0.3, -0.25) is 9.78 Å². The van der Waals surface area contributed by atoms with Gasteiger partial charge in [-0.05, 0) is 55.0 Å². The van der Waals surface area contributed by atoms with Gasteiger partial charge < -0.3 is 10.6 Å². The highest BCUT2D eigenvalue weighted by atomic mass is 35.5. The molecule has 0 spiro atoms. The highest BCUT2D eigenvalue weighted by Gasteiger charge is 2.22. The van der Waals surface area contributed by atoms with E-state index in [1.54, 1.807) is 12.3 Å². The Balaban J connectivity index is 1.45. The molecular formula is C21H22Cl2N4O3S. The predicted molar refractivity (Wildman–Crippen MR) is 124 cm³/mol. The molecule has 31 heavy (non-hydrogen) atoms. The molecule has 1 heterocycles. The number of aromatic nitrogens is 1. The van der Waals surface area contributed by atoms with Gasteiger partial charge in [-0.2, -0.15) is 4.31 Å². The molecule has 0 atom stereocenters. The third-order valence-electron chi connectivity index (χ3n) is 4.58. The van der Waals surface area contributed by atoms with Gasteiger partial charge in [0.25, 0.3) is 0 Å². The van der Waals surface area contributed by atoms with Crippen molar-refractivity contribution in [1.82, 2.24) is 14.6 Å². The Labute approximate surface area is 191 Å². The fourth-order valence-corrected chi connectivity index (χ4v) is 4.36. The van der Waals surface area contributed by atoms with Crippen molar-refractivity contribution in [3.8, 4) is 0 Å². The number of fused-ring (bicyclic) bond motifs is 1. The lowest BCUT2D eigenvalue weighted by molar-refractivity contribution is -0.121. The summed E-state index contributed by atoms with van der Waals surface area (Å²) in [6.07, 6.45) is 2.37. The molecule has 0 radical (unpaired) electrons. The largest absolute Gasteiger partial charge is 0.384 e. The van der Waals surface area contributed by atoms with Crippen LogP contribution in [0.5, 0.6) is 0 Å². The molecule has 164 valence electrons. The van der Waals surface area contributed by atoms with Crippen LogP contribution in [0.2, 0.25) is 10.0 Å². The summed E-state index contributed by atoms with van der Waals surface area (Å²) < 4.78 is 26.1. The van der Waals surface area contributed by atoms with Crippen molar-refractivity contribution < 1.29 is 13.2 Å². The van der Waals surface area contributed by atoms with Crippen LogP contribution >= 0.6 is 23.2 Å². The SMILES string of the molecule is CN(CC(=O)NCCCNc1ccnc2cc(Cl)ccc12)S(=O)(=O)c1ccc(Cl)cc1. The molecule has 0 aliphatic carbocycles. The van der Waals surface area contributed by atoms with Gasteiger partial charge in [0.1, 0.15) is 0 Å². The van der Waals surface area contributed by atoms with E-state index >= 15 is 0 Å². The van der Waals surface area contributed by atoms with E-state index in [1.165, 1.54) is 31.3 Å². The summed E-state index contributed by atoms with van der Waals surface area (Å²) in [7, 11) is -2.39. The van der Waals surface area contributed by atoms with Gasteiger partial charge in [0.05, 0.1) is 17.0 Å². The molecule has 0 bridgehead atoms. The highest BCUT2D eigenvalue weighted by Crippen LogP contribution is 2.24. The van der Waals surface area contributed by atoms with Crippen molar-refractivity contribution in [2.45, 2.75) is 11.3 Å². The summed E-state index contributed by atoms with van der Waals surface area (Å²) in [6.45, 7) is 0.768. The van der Waals surface area contributed by atoms with Crippen LogP contribution in [0.15, 0.2) is 59.6 Å². The molecule has 0 aliphatic heterocycles. The fraction of sp³-hybridized carbons (Fsp3) is 0.238. The summed E-state index contributed by atoms with van der Waals surface area (Å²) in [6, 6.07) is 13.2. The number of pyridine rings is 1. The quantitative estimate of drug-likeness (QED) is 0.454. The van der Waals surface area contributed by atoms with Crippen molar-refractivity contribution in [3.63, 3.8) is 0 Å². The van der Waals surface area contributed by atoms with E-state index in [4.69, 9.17) is 23.2 Å². The number of nitrogens with zero attached hydrogens (tertiary/aromatic N) is 2. The van der Waals surface area contributed by atoms with Crippen molar-refractivity contribution in [2.24, 2.45) is 0 Å². The first kappa shape index (κ1) is 23.3. The number of anilines is 1. The Hall–Kier alpha value is -2.39. The van der Waals surface area contributed by atoms with Gasteiger partial charge in [0, 0.05) is 47.5 Å². The normalized spacial score (nSPS) is 11.6. The molecule has 1 amide bonds. The number of carbonyl (C=O) groups is 1. The minimum Gasteiger partial charge on any atom is -0.384 e. The number of hydrogen-bond donors (Lipinski definition) is 2. The summed E-state index contributed by atoms with van der Waals surface area (Å²) >= 11 is 11.8. The van der Waals surface area contributed by atoms with Crippen LogP contribution in [0.1, 0.15) is 6.42 Å². The zero-order chi connectivity index (χ0) is 22.4. The number of benzene rings is 2. The first-order valence-electron chi connectivity index (χ1n) is 9.54. The maximum Gasteiger partial charge on any atom is 0.243 e. The average Bonchev–Trinajstić information content (AvgIpc) is 2.73. The Bertz CT molecular complexity index is 1170. The maximum atomic E-state index is 12.5. The van der Waals surface area contributed by atoms with Gasteiger partial charge in [-0.15, -0.1) is 0 Å². The first-order chi connectivity index (χ1) is 14.8. The summed E-state index contributed by atoms with van der Waals surface area (Å²) in [5.74, 6) is -0.371. The average molecular weight is 481 g/mol. The van der Waals surface area contributed by atoms with Crippen LogP contribution in [0.4, 0.5) is 5.69 Å². The molecule has 0 fully saturated rings. The molecule has 0 aliphatic rings. The van der Waals surface area contributed by atoms with Crippen molar-refractivity contribution in [3.05, 3.63) is 64.8 Å². The Morgan fingerprint density at radius 3 is 2.48 bits per heavy atom. The third-order valence-corrected chi connectivity index (χ3v) is 6.89. The summed E-state index contributed by atoms with van der Waals surface area (Å²) in [5.41, 5.74) is 1.73. The molecule has 7 nitrogen and oxygen atoms in total. The smallest absolute Gasteiger partial charge is 0.243 e. The van der Waals surface area contributed by atoms with Crippen molar-refractivity contribution >= 4 is 55.7 Å². The standard InChI is InChI=1S/C21H22Cl2N4O3S/c1-27(31(29,30)17-6-3-15(22)4-7-17)14-21(28)26-11-2-10-24-19-9-12-25-20-13-16(23)5-8-18(19)20/h3-9,12-13H,2,10-11,14H2,1H3,(H,24,25)(H,26,28). The van der Waals surface area contributed by atoms with E-state index < -0.39 is 10.0 Å². The number of likely N-dealkylation sites (N-methyl/N-ethyl adjacent to an activating group) is 1. The van der Waals surface area contributed by atoms with Crippen LogP contribution in [-0.4, -0.2) is 50.3 Å². The summed E-state index contributed by atoms with van der Waals surface area (Å²) in [4.78, 5) is 16.5. The topological polar surface area (TPSA) is 91.4 Å². The Kier molecular flexibility index (Phi) is 7.72. The van der Waals surface area contributed by atoms with Gasteiger partial charge in [-0.1, -0.05) is 23.2 Å². The minimum absolute atomic E-state index is 0.0854. The number of hydrogen-bond acceptors (Lipinski definition) is 5. The fourth-order valence-electron chi connectivity index (χ4n) is 2.94. The minimum atomic E-state index is -3.76. The van der Waals surface area contributed by atoms with Gasteiger partial charge >= 0.3 is 0 Å². The number of rotatable bonds is 9. The van der Waals surface area contributed by atoms with Crippen LogP contribution < -0.4 is 10.6 Å². The lowest BCUT2D eigenvalue weighted by Gasteiger charge is -2.17. The van der Waals surface area contributed by atoms with Crippen LogP contribution in [0.3, 0.4) is 0 Å². The second-order valence-electron chi connectivity index (χ2n) is 6.87. The lowest BCUT2D eigenvalue weighted by atomic mass is 10.2. The number of amides is 1. The molecule has 2 aromatic carbocycles. The molecule has 0 saturated heterocycles. The second-order valence-corrected chi connectivity index (χ2v) is 9.78.